The highest BCUT2D eigenvalue weighted by Gasteiger charge is 2.26. The third-order valence-corrected chi connectivity index (χ3v) is 9.13. The number of fused-ring (bicyclic) bond motifs is 1. The van der Waals surface area contributed by atoms with E-state index in [2.05, 4.69) is 15.1 Å². The van der Waals surface area contributed by atoms with Crippen molar-refractivity contribution in [2.45, 2.75) is 32.2 Å². The molecule has 0 aliphatic rings. The summed E-state index contributed by atoms with van der Waals surface area (Å²) in [5.41, 5.74) is 4.98. The lowest BCUT2D eigenvalue weighted by Crippen LogP contribution is -2.12. The molecule has 6 rings (SSSR count). The highest BCUT2D eigenvalue weighted by Crippen LogP contribution is 2.38. The van der Waals surface area contributed by atoms with E-state index in [1.807, 2.05) is 19.2 Å². The molecule has 2 aromatic carbocycles. The van der Waals surface area contributed by atoms with Gasteiger partial charge in [0.25, 0.3) is 10.0 Å². The molecule has 0 radical (unpaired) electrons. The van der Waals surface area contributed by atoms with Crippen LogP contribution in [0, 0.1) is 32.4 Å². The first-order valence-electron chi connectivity index (χ1n) is 13.7. The van der Waals surface area contributed by atoms with Crippen molar-refractivity contribution in [3.8, 4) is 22.3 Å². The lowest BCUT2D eigenvalue weighted by atomic mass is 10.0. The third-order valence-electron chi connectivity index (χ3n) is 7.46. The molecule has 0 unspecified atom stereocenters. The summed E-state index contributed by atoms with van der Waals surface area (Å²) in [6.45, 7) is 5.79. The molecule has 228 valence electrons. The maximum Gasteiger partial charge on any atom is 0.410 e. The molecule has 0 aliphatic heterocycles. The van der Waals surface area contributed by atoms with Crippen molar-refractivity contribution in [3.63, 3.8) is 0 Å². The van der Waals surface area contributed by atoms with Gasteiger partial charge in [0.05, 0.1) is 17.1 Å². The van der Waals surface area contributed by atoms with Crippen molar-refractivity contribution in [2.24, 2.45) is 0 Å². The van der Waals surface area contributed by atoms with Gasteiger partial charge in [-0.2, -0.15) is 5.10 Å². The van der Waals surface area contributed by atoms with E-state index in [1.165, 1.54) is 42.9 Å². The molecule has 0 spiro atoms. The number of benzene rings is 2. The van der Waals surface area contributed by atoms with Gasteiger partial charge in [0.15, 0.2) is 17.3 Å². The van der Waals surface area contributed by atoms with Crippen molar-refractivity contribution in [2.75, 3.05) is 5.32 Å². The van der Waals surface area contributed by atoms with Crippen LogP contribution in [0.5, 0.6) is 0 Å². The van der Waals surface area contributed by atoms with E-state index >= 15 is 0 Å². The fourth-order valence-electron chi connectivity index (χ4n) is 5.28. The number of carboxylic acid groups (broad SMARTS) is 1. The molecule has 0 saturated heterocycles. The van der Waals surface area contributed by atoms with Gasteiger partial charge in [-0.25, -0.2) is 35.9 Å². The van der Waals surface area contributed by atoms with E-state index in [1.54, 1.807) is 41.9 Å². The Bertz CT molecular complexity index is 2230. The van der Waals surface area contributed by atoms with E-state index in [0.717, 1.165) is 15.6 Å². The van der Waals surface area contributed by atoms with Gasteiger partial charge >= 0.3 is 6.09 Å². The number of anilines is 1. The first-order valence-corrected chi connectivity index (χ1v) is 15.1. The van der Waals surface area contributed by atoms with Gasteiger partial charge in [-0.05, 0) is 62.7 Å². The predicted molar refractivity (Wildman–Crippen MR) is 165 cm³/mol. The normalized spacial score (nSPS) is 11.7. The standard InChI is InChI=1S/C32H26F2N6O4S/c1-18-7-9-25(10-8-18)45(43,44)40-17-27(29-19(2)38-39(20(29)3)16-21-5-4-6-24(33)11-21)26-12-22(15-36-31(26)40)23-13-28(34)30(35-14-23)37-32(41)42/h4-15,17H,16H2,1-3H3,(H,35,37)(H,41,42). The average Bonchev–Trinajstić information content (AvgIpc) is 3.50. The Morgan fingerprint density at radius 2 is 1.67 bits per heavy atom. The molecule has 6 aromatic rings. The molecule has 2 N–H and O–H groups in total. The molecule has 1 amide bonds. The SMILES string of the molecule is Cc1ccc(S(=O)(=O)n2cc(-c3c(C)nn(Cc4cccc(F)c4)c3C)c3cc(-c4cnc(NC(=O)O)c(F)c4)cnc32)cc1. The Morgan fingerprint density at radius 3 is 2.36 bits per heavy atom. The molecular weight excluding hydrogens is 602 g/mol. The number of pyridine rings is 2. The largest absolute Gasteiger partial charge is 0.465 e. The summed E-state index contributed by atoms with van der Waals surface area (Å²) in [6, 6.07) is 15.5. The number of carbonyl (C=O) groups is 1. The number of amides is 1. The summed E-state index contributed by atoms with van der Waals surface area (Å²) >= 11 is 0. The molecule has 0 bridgehead atoms. The second-order valence-corrected chi connectivity index (χ2v) is 12.4. The number of halogens is 2. The van der Waals surface area contributed by atoms with Crippen LogP contribution in [0.25, 0.3) is 33.3 Å². The van der Waals surface area contributed by atoms with Crippen LogP contribution >= 0.6 is 0 Å². The number of rotatable bonds is 7. The molecule has 4 aromatic heterocycles. The molecule has 0 saturated carbocycles. The molecule has 45 heavy (non-hydrogen) atoms. The van der Waals surface area contributed by atoms with Crippen molar-refractivity contribution >= 4 is 33.0 Å². The monoisotopic (exact) mass is 628 g/mol. The van der Waals surface area contributed by atoms with Gasteiger partial charge in [0, 0.05) is 51.9 Å². The summed E-state index contributed by atoms with van der Waals surface area (Å²) in [6.07, 6.45) is 2.74. The zero-order valence-electron chi connectivity index (χ0n) is 24.3. The number of hydrogen-bond donors (Lipinski definition) is 2. The summed E-state index contributed by atoms with van der Waals surface area (Å²) in [7, 11) is -4.09. The van der Waals surface area contributed by atoms with Crippen LogP contribution in [0.15, 0.2) is 84.1 Å². The number of hydrogen-bond acceptors (Lipinski definition) is 6. The van der Waals surface area contributed by atoms with Crippen LogP contribution < -0.4 is 5.32 Å². The van der Waals surface area contributed by atoms with E-state index in [4.69, 9.17) is 5.11 Å². The molecular formula is C32H26F2N6O4S. The molecule has 0 aliphatic carbocycles. The van der Waals surface area contributed by atoms with Crippen LogP contribution in [0.3, 0.4) is 0 Å². The summed E-state index contributed by atoms with van der Waals surface area (Å²) in [5.74, 6) is -1.71. The smallest absolute Gasteiger partial charge is 0.410 e. The van der Waals surface area contributed by atoms with Crippen molar-refractivity contribution in [3.05, 3.63) is 113 Å². The summed E-state index contributed by atoms with van der Waals surface area (Å²) in [4.78, 5) is 19.4. The van der Waals surface area contributed by atoms with E-state index in [0.29, 0.717) is 44.6 Å². The summed E-state index contributed by atoms with van der Waals surface area (Å²) in [5, 5.41) is 16.0. The Balaban J connectivity index is 1.54. The Hall–Kier alpha value is -5.43. The number of aromatic nitrogens is 5. The van der Waals surface area contributed by atoms with Crippen molar-refractivity contribution in [1.29, 1.82) is 0 Å². The van der Waals surface area contributed by atoms with Gasteiger partial charge in [-0.1, -0.05) is 29.8 Å². The Kier molecular flexibility index (Phi) is 7.41. The lowest BCUT2D eigenvalue weighted by Gasteiger charge is -2.08. The highest BCUT2D eigenvalue weighted by molar-refractivity contribution is 7.90. The molecule has 10 nitrogen and oxygen atoms in total. The molecule has 0 atom stereocenters. The highest BCUT2D eigenvalue weighted by atomic mass is 32.2. The maximum absolute atomic E-state index is 14.7. The minimum atomic E-state index is -4.09. The number of nitrogens with zero attached hydrogens (tertiary/aromatic N) is 5. The number of nitrogens with one attached hydrogen (secondary N) is 1. The second kappa shape index (κ2) is 11.2. The fourth-order valence-corrected chi connectivity index (χ4v) is 6.61. The fraction of sp³-hybridized carbons (Fsp3) is 0.125. The van der Waals surface area contributed by atoms with Gasteiger partial charge in [-0.3, -0.25) is 10.00 Å². The predicted octanol–water partition coefficient (Wildman–Crippen LogP) is 6.54. The van der Waals surface area contributed by atoms with E-state index < -0.39 is 27.8 Å². The summed E-state index contributed by atoms with van der Waals surface area (Å²) < 4.78 is 59.3. The average molecular weight is 629 g/mol. The van der Waals surface area contributed by atoms with Crippen LogP contribution in [-0.4, -0.2) is 43.3 Å². The van der Waals surface area contributed by atoms with Gasteiger partial charge < -0.3 is 5.11 Å². The van der Waals surface area contributed by atoms with E-state index in [9.17, 15) is 22.0 Å². The minimum absolute atomic E-state index is 0.0745. The lowest BCUT2D eigenvalue weighted by molar-refractivity contribution is 0.209. The van der Waals surface area contributed by atoms with Gasteiger partial charge in [0.2, 0.25) is 0 Å². The first kappa shape index (κ1) is 29.6. The molecule has 0 fully saturated rings. The van der Waals surface area contributed by atoms with Gasteiger partial charge in [0.1, 0.15) is 5.82 Å². The molecule has 4 heterocycles. The topological polar surface area (TPSA) is 132 Å². The Morgan fingerprint density at radius 1 is 0.956 bits per heavy atom. The van der Waals surface area contributed by atoms with Crippen molar-refractivity contribution < 1.29 is 27.1 Å². The van der Waals surface area contributed by atoms with E-state index in [-0.39, 0.29) is 22.9 Å². The minimum Gasteiger partial charge on any atom is -0.465 e. The third kappa shape index (κ3) is 5.53. The van der Waals surface area contributed by atoms with Crippen LogP contribution in [0.4, 0.5) is 19.4 Å². The number of aryl methyl sites for hydroxylation is 2. The zero-order chi connectivity index (χ0) is 32.0. The molecule has 13 heteroatoms. The van der Waals surface area contributed by atoms with Crippen LogP contribution in [-0.2, 0) is 16.6 Å². The zero-order valence-corrected chi connectivity index (χ0v) is 25.1. The van der Waals surface area contributed by atoms with Crippen molar-refractivity contribution in [1.82, 2.24) is 23.7 Å². The van der Waals surface area contributed by atoms with Gasteiger partial charge in [-0.15, -0.1) is 0 Å². The maximum atomic E-state index is 14.7. The second-order valence-electron chi connectivity index (χ2n) is 10.6. The Labute approximate surface area is 256 Å². The van der Waals surface area contributed by atoms with Crippen LogP contribution in [0.2, 0.25) is 0 Å². The van der Waals surface area contributed by atoms with Crippen LogP contribution in [0.1, 0.15) is 22.5 Å². The first-order chi connectivity index (χ1) is 21.4. The quantitative estimate of drug-likeness (QED) is 0.205.